The summed E-state index contributed by atoms with van der Waals surface area (Å²) in [6, 6.07) is 5.68. The molecule has 0 radical (unpaired) electrons. The van der Waals surface area contributed by atoms with E-state index in [4.69, 9.17) is 0 Å². The Hall–Kier alpha value is -1.64. The van der Waals surface area contributed by atoms with Crippen LogP contribution in [0.15, 0.2) is 18.2 Å². The van der Waals surface area contributed by atoms with Crippen LogP contribution in [0.3, 0.4) is 0 Å². The van der Waals surface area contributed by atoms with Gasteiger partial charge in [0.1, 0.15) is 6.29 Å². The van der Waals surface area contributed by atoms with Crippen LogP contribution >= 0.6 is 0 Å². The van der Waals surface area contributed by atoms with Gasteiger partial charge in [-0.1, -0.05) is 26.0 Å². The Morgan fingerprint density at radius 2 is 2.19 bits per heavy atom. The molecule has 0 unspecified atom stereocenters. The number of hydrogen-bond acceptors (Lipinski definition) is 2. The van der Waals surface area contributed by atoms with Crippen molar-refractivity contribution in [3.63, 3.8) is 0 Å². The van der Waals surface area contributed by atoms with Gasteiger partial charge >= 0.3 is 0 Å². The van der Waals surface area contributed by atoms with Gasteiger partial charge in [0.15, 0.2) is 0 Å². The molecule has 0 N–H and O–H groups in total. The molecule has 16 heavy (non-hydrogen) atoms. The van der Waals surface area contributed by atoms with Crippen molar-refractivity contribution in [2.75, 3.05) is 0 Å². The third-order valence-corrected chi connectivity index (χ3v) is 2.72. The Balaban J connectivity index is 2.57. The van der Waals surface area contributed by atoms with Gasteiger partial charge in [-0.3, -0.25) is 9.48 Å². The summed E-state index contributed by atoms with van der Waals surface area (Å²) in [5, 5.41) is 5.59. The molecule has 84 valence electrons. The van der Waals surface area contributed by atoms with Gasteiger partial charge in [0.25, 0.3) is 0 Å². The maximum atomic E-state index is 10.7. The summed E-state index contributed by atoms with van der Waals surface area (Å²) in [6.07, 6.45) is 1.86. The second kappa shape index (κ2) is 4.08. The minimum Gasteiger partial charge on any atom is -0.298 e. The van der Waals surface area contributed by atoms with Crippen LogP contribution in [0, 0.1) is 5.92 Å². The van der Waals surface area contributed by atoms with Gasteiger partial charge in [-0.15, -0.1) is 0 Å². The number of aromatic nitrogens is 2. The largest absolute Gasteiger partial charge is 0.298 e. The molecule has 1 aromatic carbocycles. The van der Waals surface area contributed by atoms with Crippen LogP contribution in [0.1, 0.15) is 29.9 Å². The fourth-order valence-corrected chi connectivity index (χ4v) is 1.97. The van der Waals surface area contributed by atoms with Gasteiger partial charge in [0, 0.05) is 23.7 Å². The van der Waals surface area contributed by atoms with Gasteiger partial charge in [0.2, 0.25) is 0 Å². The molecule has 3 nitrogen and oxygen atoms in total. The highest BCUT2D eigenvalue weighted by Crippen LogP contribution is 2.21. The number of carbonyl (C=O) groups excluding carboxylic acids is 1. The van der Waals surface area contributed by atoms with E-state index in [-0.39, 0.29) is 0 Å². The first-order valence-electron chi connectivity index (χ1n) is 5.52. The Morgan fingerprint density at radius 3 is 2.81 bits per heavy atom. The van der Waals surface area contributed by atoms with Gasteiger partial charge < -0.3 is 0 Å². The van der Waals surface area contributed by atoms with E-state index in [1.807, 2.05) is 29.9 Å². The molecule has 0 amide bonds. The molecule has 0 saturated carbocycles. The number of hydrogen-bond donors (Lipinski definition) is 0. The molecule has 3 heteroatoms. The summed E-state index contributed by atoms with van der Waals surface area (Å²) in [7, 11) is 1.96. The average Bonchev–Trinajstić information content (AvgIpc) is 2.54. The van der Waals surface area contributed by atoms with Crippen molar-refractivity contribution in [3.05, 3.63) is 29.5 Å². The number of fused-ring (bicyclic) bond motifs is 1. The fraction of sp³-hybridized carbons (Fsp3) is 0.385. The smallest absolute Gasteiger partial charge is 0.150 e. The Labute approximate surface area is 95.1 Å². The van der Waals surface area contributed by atoms with Crippen molar-refractivity contribution in [2.45, 2.75) is 20.3 Å². The molecule has 0 aliphatic heterocycles. The summed E-state index contributed by atoms with van der Waals surface area (Å²) >= 11 is 0. The van der Waals surface area contributed by atoms with Crippen molar-refractivity contribution in [1.82, 2.24) is 9.78 Å². The van der Waals surface area contributed by atoms with Crippen molar-refractivity contribution in [1.29, 1.82) is 0 Å². The van der Waals surface area contributed by atoms with Crippen molar-refractivity contribution in [3.8, 4) is 0 Å². The Bertz CT molecular complexity index is 526. The topological polar surface area (TPSA) is 34.9 Å². The number of rotatable bonds is 3. The lowest BCUT2D eigenvalue weighted by atomic mass is 10.0. The quantitative estimate of drug-likeness (QED) is 0.739. The van der Waals surface area contributed by atoms with E-state index in [9.17, 15) is 4.79 Å². The molecule has 0 fully saturated rings. The van der Waals surface area contributed by atoms with Gasteiger partial charge in [-0.2, -0.15) is 5.10 Å². The fourth-order valence-electron chi connectivity index (χ4n) is 1.97. The van der Waals surface area contributed by atoms with Crippen molar-refractivity contribution < 1.29 is 4.79 Å². The summed E-state index contributed by atoms with van der Waals surface area (Å²) in [5.74, 6) is 0.601. The number of aldehydes is 1. The highest BCUT2D eigenvalue weighted by Gasteiger charge is 2.10. The van der Waals surface area contributed by atoms with Crippen LogP contribution in [0.2, 0.25) is 0 Å². The van der Waals surface area contributed by atoms with Crippen LogP contribution in [0.4, 0.5) is 0 Å². The second-order valence-electron chi connectivity index (χ2n) is 4.56. The summed E-state index contributed by atoms with van der Waals surface area (Å²) in [6.45, 7) is 4.39. The van der Waals surface area contributed by atoms with E-state index in [2.05, 4.69) is 18.9 Å². The third-order valence-electron chi connectivity index (χ3n) is 2.72. The van der Waals surface area contributed by atoms with Crippen LogP contribution in [-0.2, 0) is 13.5 Å². The van der Waals surface area contributed by atoms with E-state index < -0.39 is 0 Å². The Kier molecular flexibility index (Phi) is 2.77. The molecule has 0 spiro atoms. The molecule has 0 bridgehead atoms. The van der Waals surface area contributed by atoms with Crippen LogP contribution in [0.5, 0.6) is 0 Å². The highest BCUT2D eigenvalue weighted by atomic mass is 16.1. The predicted octanol–water partition coefficient (Wildman–Crippen LogP) is 2.58. The van der Waals surface area contributed by atoms with Crippen molar-refractivity contribution >= 4 is 17.2 Å². The van der Waals surface area contributed by atoms with Gasteiger partial charge in [0.05, 0.1) is 5.52 Å². The summed E-state index contributed by atoms with van der Waals surface area (Å²) in [5.41, 5.74) is 2.83. The first-order valence-corrected chi connectivity index (χ1v) is 5.52. The Morgan fingerprint density at radius 1 is 1.44 bits per heavy atom. The van der Waals surface area contributed by atoms with Gasteiger partial charge in [-0.25, -0.2) is 0 Å². The molecule has 1 aromatic heterocycles. The maximum absolute atomic E-state index is 10.7. The molecule has 1 heterocycles. The standard InChI is InChI=1S/C13H16N2O/c1-9(2)6-13-11-5-4-10(8-16)7-12(11)14-15(13)3/h4-5,7-9H,6H2,1-3H3. The lowest BCUT2D eigenvalue weighted by Crippen LogP contribution is -2.02. The summed E-state index contributed by atoms with van der Waals surface area (Å²) in [4.78, 5) is 10.7. The van der Waals surface area contributed by atoms with Crippen LogP contribution in [-0.4, -0.2) is 16.1 Å². The van der Waals surface area contributed by atoms with E-state index in [0.29, 0.717) is 11.5 Å². The molecule has 0 aliphatic carbocycles. The van der Waals surface area contributed by atoms with Crippen molar-refractivity contribution in [2.24, 2.45) is 13.0 Å². The second-order valence-corrected chi connectivity index (χ2v) is 4.56. The average molecular weight is 216 g/mol. The number of benzene rings is 1. The normalized spacial score (nSPS) is 11.2. The summed E-state index contributed by atoms with van der Waals surface area (Å²) < 4.78 is 1.92. The molecular weight excluding hydrogens is 200 g/mol. The van der Waals surface area contributed by atoms with Crippen LogP contribution < -0.4 is 0 Å². The zero-order valence-corrected chi connectivity index (χ0v) is 9.90. The number of aryl methyl sites for hydroxylation is 1. The maximum Gasteiger partial charge on any atom is 0.150 e. The first-order chi connectivity index (χ1) is 7.61. The van der Waals surface area contributed by atoms with Crippen LogP contribution in [0.25, 0.3) is 10.9 Å². The van der Waals surface area contributed by atoms with E-state index in [1.165, 1.54) is 5.69 Å². The third kappa shape index (κ3) is 1.85. The SMILES string of the molecule is CC(C)Cc1c2ccc(C=O)cc2nn1C. The molecule has 0 aliphatic rings. The first kappa shape index (κ1) is 10.9. The van der Waals surface area contributed by atoms with E-state index in [0.717, 1.165) is 23.6 Å². The number of carbonyl (C=O) groups is 1. The lowest BCUT2D eigenvalue weighted by molar-refractivity contribution is 0.112. The molecular formula is C13H16N2O. The van der Waals surface area contributed by atoms with E-state index in [1.54, 1.807) is 0 Å². The minimum atomic E-state index is 0.601. The predicted molar refractivity (Wildman–Crippen MR) is 64.6 cm³/mol. The zero-order chi connectivity index (χ0) is 11.7. The minimum absolute atomic E-state index is 0.601. The molecule has 0 saturated heterocycles. The lowest BCUT2D eigenvalue weighted by Gasteiger charge is -2.05. The van der Waals surface area contributed by atoms with Gasteiger partial charge in [-0.05, 0) is 18.4 Å². The van der Waals surface area contributed by atoms with E-state index >= 15 is 0 Å². The zero-order valence-electron chi connectivity index (χ0n) is 9.90. The number of nitrogens with zero attached hydrogens (tertiary/aromatic N) is 2. The highest BCUT2D eigenvalue weighted by molar-refractivity contribution is 5.88. The molecule has 2 rings (SSSR count). The monoisotopic (exact) mass is 216 g/mol. The molecule has 2 aromatic rings. The molecule has 0 atom stereocenters.